The number of alkyl carbamates (subject to hydrolysis) is 2. The zero-order chi connectivity index (χ0) is 71.7. The van der Waals surface area contributed by atoms with Gasteiger partial charge in [0, 0.05) is 57.4 Å². The van der Waals surface area contributed by atoms with E-state index in [-0.39, 0.29) is 79.1 Å². The second kappa shape index (κ2) is 31.4. The second-order valence-electron chi connectivity index (χ2n) is 26.2. The lowest BCUT2D eigenvalue weighted by atomic mass is 10.1. The van der Waals surface area contributed by atoms with Crippen LogP contribution in [0.5, 0.6) is 0 Å². The first kappa shape index (κ1) is 72.7. The lowest BCUT2D eigenvalue weighted by molar-refractivity contribution is 0.0488. The van der Waals surface area contributed by atoms with Crippen molar-refractivity contribution in [3.05, 3.63) is 170 Å². The molecule has 0 saturated carbocycles. The third-order valence-corrected chi connectivity index (χ3v) is 19.7. The largest absolute Gasteiger partial charge is 0.444 e. The van der Waals surface area contributed by atoms with E-state index in [1.165, 1.54) is 21.3 Å². The second-order valence-corrected chi connectivity index (χ2v) is 29.5. The van der Waals surface area contributed by atoms with Crippen molar-refractivity contribution in [1.82, 2.24) is 39.3 Å². The number of carbonyl (C=O) groups excluding carboxylic acids is 3. The van der Waals surface area contributed by atoms with Gasteiger partial charge in [0.15, 0.2) is 6.29 Å². The van der Waals surface area contributed by atoms with Crippen LogP contribution in [0.2, 0.25) is 0 Å². The third kappa shape index (κ3) is 17.5. The highest BCUT2D eigenvalue weighted by molar-refractivity contribution is 7.20. The van der Waals surface area contributed by atoms with E-state index in [1.54, 1.807) is 92.1 Å². The molecule has 3 fully saturated rings. The highest BCUT2D eigenvalue weighted by atomic mass is 32.1. The number of thiophene rings is 3. The molecule has 100 heavy (non-hydrogen) atoms. The first-order valence-corrected chi connectivity index (χ1v) is 34.7. The van der Waals surface area contributed by atoms with Gasteiger partial charge in [-0.1, -0.05) is 54.6 Å². The molecule has 0 bridgehead atoms. The number of benzene rings is 3. The summed E-state index contributed by atoms with van der Waals surface area (Å²) in [5.41, 5.74) is 8.07. The Labute approximate surface area is 584 Å². The van der Waals surface area contributed by atoms with Crippen molar-refractivity contribution < 1.29 is 41.4 Å². The van der Waals surface area contributed by atoms with Crippen LogP contribution in [0.25, 0.3) is 30.6 Å². The third-order valence-electron chi connectivity index (χ3n) is 16.4. The van der Waals surface area contributed by atoms with Gasteiger partial charge in [-0.25, -0.2) is 42.1 Å². The van der Waals surface area contributed by atoms with Crippen LogP contribution in [0, 0.1) is 34.0 Å². The number of nitriles is 3. The zero-order valence-electron chi connectivity index (χ0n) is 55.7. The molecule has 3 aromatic carbocycles. The van der Waals surface area contributed by atoms with Crippen molar-refractivity contribution >= 4 is 101 Å². The van der Waals surface area contributed by atoms with E-state index < -0.39 is 41.8 Å². The number of rotatable bonds is 14. The molecule has 9 heterocycles. The molecule has 30 heteroatoms. The number of carbonyl (C=O) groups is 3. The number of anilines is 3. The highest BCUT2D eigenvalue weighted by Crippen LogP contribution is 2.34. The van der Waals surface area contributed by atoms with Gasteiger partial charge in [0.2, 0.25) is 17.8 Å². The van der Waals surface area contributed by atoms with Gasteiger partial charge in [-0.2, -0.15) is 15.8 Å². The minimum absolute atomic E-state index is 0.0460. The number of halogens is 4. The number of nitrogens with zero attached hydrogens (tertiary/aromatic N) is 12. The van der Waals surface area contributed by atoms with Crippen LogP contribution in [0.15, 0.2) is 105 Å². The molecule has 3 saturated heterocycles. The predicted octanol–water partition coefficient (Wildman–Crippen LogP) is 11.7. The average molecular weight is 1420 g/mol. The van der Waals surface area contributed by atoms with Gasteiger partial charge in [0.1, 0.15) is 25.3 Å². The van der Waals surface area contributed by atoms with Crippen LogP contribution in [0.4, 0.5) is 45.0 Å². The molecule has 3 aliphatic rings. The van der Waals surface area contributed by atoms with Gasteiger partial charge in [0.25, 0.3) is 29.5 Å². The molecule has 12 rings (SSSR count). The Morgan fingerprint density at radius 2 is 0.900 bits per heavy atom. The molecular formula is C70H73F4N15O8S3. The van der Waals surface area contributed by atoms with Crippen molar-refractivity contribution in [3.63, 3.8) is 0 Å². The van der Waals surface area contributed by atoms with Gasteiger partial charge in [0.05, 0.1) is 85.7 Å². The minimum Gasteiger partial charge on any atom is -0.444 e. The normalized spacial score (nSPS) is 16.4. The van der Waals surface area contributed by atoms with E-state index in [9.17, 15) is 62.1 Å². The average Bonchev–Trinajstić information content (AvgIpc) is 1.53. The number of nitrogens with one attached hydrogen (secondary N) is 2. The van der Waals surface area contributed by atoms with E-state index in [4.69, 9.17) is 20.2 Å². The number of aldehydes is 1. The summed E-state index contributed by atoms with van der Waals surface area (Å²) in [4.78, 5) is 96.1. The first-order chi connectivity index (χ1) is 47.7. The number of piperidine rings is 3. The van der Waals surface area contributed by atoms with Crippen molar-refractivity contribution in [3.8, 4) is 18.2 Å². The number of ether oxygens (including phenoxy) is 2. The van der Waals surface area contributed by atoms with E-state index in [0.717, 1.165) is 66.1 Å². The molecule has 23 nitrogen and oxygen atoms in total. The van der Waals surface area contributed by atoms with Crippen LogP contribution in [0.1, 0.15) is 146 Å². The summed E-state index contributed by atoms with van der Waals surface area (Å²) >= 11 is 2.61. The molecule has 522 valence electrons. The highest BCUT2D eigenvalue weighted by Gasteiger charge is 2.32. The van der Waals surface area contributed by atoms with Crippen LogP contribution in [-0.4, -0.2) is 116 Å². The predicted molar refractivity (Wildman–Crippen MR) is 376 cm³/mol. The van der Waals surface area contributed by atoms with Crippen molar-refractivity contribution in [1.29, 1.82) is 15.8 Å². The Kier molecular flexibility index (Phi) is 22.8. The molecule has 6 aromatic heterocycles. The standard InChI is InChI=1S/C25H27F2N5O3S.C25H27N5O4S.C20H19F2N5OS/c1-25(2,3)35-24(34)29-17-9-6-10-31(14-17)23-30-18-11-19(21(26)27)36-20(18)22(33)32(23)13-16-8-5-4-7-15(16)12-28;1-25(2,3)34-24(33)27-18-9-6-10-29(14-18)23-28-20-11-19(15-31)35-21(20)22(32)30(23)13-17-8-5-4-7-16(17)12-26;21-18(22)16-8-15-17(29-16)19(28)27(10-13-5-2-1-4-12(13)9-23)20(25-15)26-7-3-6-14(24)11-26/h4-5,7-8,11,17,21H,6,9-10,13-14H2,1-3H3,(H,29,34);4-5,7-8,11,15,18H,6,9-10,13-14H2,1-3H3,(H,27,33);1-2,4-5,8,14,18H,3,6-7,10-11,24H2/t17-;18-;14-/m111/s1. The van der Waals surface area contributed by atoms with Crippen LogP contribution in [0.3, 0.4) is 0 Å². The van der Waals surface area contributed by atoms with Gasteiger partial charge >= 0.3 is 12.2 Å². The molecule has 3 aliphatic heterocycles. The van der Waals surface area contributed by atoms with Crippen molar-refractivity contribution in [2.75, 3.05) is 54.0 Å². The molecule has 3 atom stereocenters. The first-order valence-electron chi connectivity index (χ1n) is 32.3. The lowest BCUT2D eigenvalue weighted by Gasteiger charge is -2.35. The summed E-state index contributed by atoms with van der Waals surface area (Å²) in [6, 6.07) is 31.2. The Balaban J connectivity index is 0.000000163. The van der Waals surface area contributed by atoms with Gasteiger partial charge < -0.3 is 40.5 Å². The van der Waals surface area contributed by atoms with Gasteiger partial charge in [-0.15, -0.1) is 34.0 Å². The fourth-order valence-electron chi connectivity index (χ4n) is 12.0. The lowest BCUT2D eigenvalue weighted by Crippen LogP contribution is -2.50. The molecule has 9 aromatic rings. The summed E-state index contributed by atoms with van der Waals surface area (Å²) in [5, 5.41) is 34.3. The Morgan fingerprint density at radius 3 is 1.24 bits per heavy atom. The maximum absolute atomic E-state index is 13.6. The zero-order valence-corrected chi connectivity index (χ0v) is 58.1. The van der Waals surface area contributed by atoms with E-state index in [2.05, 4.69) is 38.8 Å². The number of amides is 2. The molecule has 2 amide bonds. The fourth-order valence-corrected chi connectivity index (χ4v) is 14.6. The number of nitrogens with two attached hydrogens (primary N) is 1. The summed E-state index contributed by atoms with van der Waals surface area (Å²) in [6.45, 7) is 14.4. The molecule has 0 radical (unpaired) electrons. The Bertz CT molecular complexity index is 4840. The van der Waals surface area contributed by atoms with E-state index in [0.29, 0.717) is 118 Å². The molecule has 0 unspecified atom stereocenters. The molecule has 0 aliphatic carbocycles. The van der Waals surface area contributed by atoms with E-state index in [1.807, 2.05) is 47.6 Å². The summed E-state index contributed by atoms with van der Waals surface area (Å²) in [5.74, 6) is 1.17. The van der Waals surface area contributed by atoms with Gasteiger partial charge in [-0.3, -0.25) is 32.9 Å². The number of hydrogen-bond donors (Lipinski definition) is 3. The van der Waals surface area contributed by atoms with Crippen LogP contribution in [-0.2, 0) is 29.1 Å². The SMILES string of the molecule is CC(C)(C)OC(=O)N[C@@H]1CCCN(c2nc3cc(C(F)F)sc3c(=O)n2Cc2ccccc2C#N)C1.CC(C)(C)OC(=O)N[C@@H]1CCCN(c2nc3cc(C=O)sc3c(=O)n2Cc2ccccc2C#N)C1.N#Cc1ccccc1Cn1c(N2CCC[C@@H](N)C2)nc2cc(C(F)F)sc2c1=O. The van der Waals surface area contributed by atoms with E-state index >= 15 is 0 Å². The summed E-state index contributed by atoms with van der Waals surface area (Å²) < 4.78 is 69.2. The van der Waals surface area contributed by atoms with Gasteiger partial charge in [-0.05, 0) is 133 Å². The maximum Gasteiger partial charge on any atom is 0.407 e. The molecule has 4 N–H and O–H groups in total. The quantitative estimate of drug-likeness (QED) is 0.0673. The Morgan fingerprint density at radius 1 is 0.560 bits per heavy atom. The van der Waals surface area contributed by atoms with Crippen LogP contribution >= 0.6 is 34.0 Å². The van der Waals surface area contributed by atoms with Crippen molar-refractivity contribution in [2.24, 2.45) is 5.73 Å². The smallest absolute Gasteiger partial charge is 0.407 e. The topological polar surface area (TPSA) is 306 Å². The minimum atomic E-state index is -2.71. The molecule has 0 spiro atoms. The molecular weight excluding hydrogens is 1350 g/mol. The number of hydrogen-bond acceptors (Lipinski definition) is 21. The summed E-state index contributed by atoms with van der Waals surface area (Å²) in [6.07, 6.45) is -0.946. The van der Waals surface area contributed by atoms with Crippen LogP contribution < -0.4 is 47.7 Å². The number of alkyl halides is 4. The number of aromatic nitrogens is 6. The maximum atomic E-state index is 13.6. The Hall–Kier alpha value is -10.1. The van der Waals surface area contributed by atoms with Crippen molar-refractivity contribution in [2.45, 2.75) is 142 Å². The fraction of sp³-hybridized carbons (Fsp3) is 0.400. The monoisotopic (exact) mass is 1420 g/mol. The summed E-state index contributed by atoms with van der Waals surface area (Å²) in [7, 11) is 0. The number of fused-ring (bicyclic) bond motifs is 3.